The molecule has 2 aliphatic heterocycles. The lowest BCUT2D eigenvalue weighted by Crippen LogP contribution is -2.44. The van der Waals surface area contributed by atoms with Crippen LogP contribution in [-0.4, -0.2) is 61.7 Å². The highest BCUT2D eigenvalue weighted by molar-refractivity contribution is 14.1. The van der Waals surface area contributed by atoms with Crippen LogP contribution in [0.2, 0.25) is 0 Å². The minimum Gasteiger partial charge on any atom is -0.459 e. The lowest BCUT2D eigenvalue weighted by molar-refractivity contribution is -0.171. The molecule has 154 valence electrons. The van der Waals surface area contributed by atoms with Gasteiger partial charge in [-0.2, -0.15) is 0 Å². The molecule has 1 saturated heterocycles. The van der Waals surface area contributed by atoms with Gasteiger partial charge in [-0.1, -0.05) is 12.1 Å². The number of morpholine rings is 1. The maximum Gasteiger partial charge on any atom is 0.288 e. The molecule has 3 rings (SSSR count). The molecule has 7 heteroatoms. The summed E-state index contributed by atoms with van der Waals surface area (Å²) in [7, 11) is 0. The number of halogens is 1. The van der Waals surface area contributed by atoms with Gasteiger partial charge in [0, 0.05) is 41.7 Å². The van der Waals surface area contributed by atoms with Gasteiger partial charge in [0.1, 0.15) is 0 Å². The van der Waals surface area contributed by atoms with Crippen molar-refractivity contribution in [3.05, 3.63) is 45.2 Å². The Morgan fingerprint density at radius 1 is 1.29 bits per heavy atom. The number of hydrogen-bond donors (Lipinski definition) is 1. The highest BCUT2D eigenvalue weighted by Crippen LogP contribution is 2.39. The Kier molecular flexibility index (Phi) is 8.13. The third kappa shape index (κ3) is 5.25. The van der Waals surface area contributed by atoms with Gasteiger partial charge in [0.25, 0.3) is 5.91 Å². The van der Waals surface area contributed by atoms with Gasteiger partial charge in [-0.25, -0.2) is 0 Å². The van der Waals surface area contributed by atoms with Gasteiger partial charge >= 0.3 is 0 Å². The molecule has 1 aromatic rings. The molecule has 0 spiro atoms. The van der Waals surface area contributed by atoms with Crippen molar-refractivity contribution >= 4 is 28.5 Å². The Morgan fingerprint density at radius 3 is 2.64 bits per heavy atom. The summed E-state index contributed by atoms with van der Waals surface area (Å²) in [6.45, 7) is 4.79. The van der Waals surface area contributed by atoms with Crippen LogP contribution in [0.5, 0.6) is 0 Å². The summed E-state index contributed by atoms with van der Waals surface area (Å²) in [5.74, 6) is 0.274. The van der Waals surface area contributed by atoms with Crippen molar-refractivity contribution in [2.24, 2.45) is 5.92 Å². The molecule has 2 heterocycles. The largest absolute Gasteiger partial charge is 0.459 e. The number of ether oxygens (including phenoxy) is 3. The standard InChI is InChI=1S/C21H28INO5/c1-2-27-21-17(4-3-11-24)18(15-5-7-16(22)8-6-15)14-19(28-21)20(25)23-9-12-26-13-10-23/h5-8,14,17-18,21,24H,2-4,9-13H2,1H3/t17-,18+,21+/m1/s1. The fourth-order valence-electron chi connectivity index (χ4n) is 3.74. The number of hydrogen-bond acceptors (Lipinski definition) is 5. The predicted octanol–water partition coefficient (Wildman–Crippen LogP) is 2.90. The maximum atomic E-state index is 13.0. The van der Waals surface area contributed by atoms with E-state index in [4.69, 9.17) is 14.2 Å². The number of carbonyl (C=O) groups excluding carboxylic acids is 1. The zero-order valence-electron chi connectivity index (χ0n) is 16.2. The fraction of sp³-hybridized carbons (Fsp3) is 0.571. The Bertz CT molecular complexity index is 672. The van der Waals surface area contributed by atoms with Crippen molar-refractivity contribution in [2.75, 3.05) is 39.5 Å². The van der Waals surface area contributed by atoms with E-state index in [1.807, 2.05) is 13.0 Å². The molecule has 0 bridgehead atoms. The average molecular weight is 501 g/mol. The minimum atomic E-state index is -0.509. The Balaban J connectivity index is 1.92. The molecule has 1 amide bonds. The van der Waals surface area contributed by atoms with Gasteiger partial charge < -0.3 is 24.2 Å². The van der Waals surface area contributed by atoms with Gasteiger partial charge in [0.05, 0.1) is 13.2 Å². The third-order valence-electron chi connectivity index (χ3n) is 5.18. The second-order valence-electron chi connectivity index (χ2n) is 6.98. The molecule has 0 aliphatic carbocycles. The van der Waals surface area contributed by atoms with E-state index >= 15 is 0 Å². The van der Waals surface area contributed by atoms with Crippen LogP contribution >= 0.6 is 22.6 Å². The normalized spacial score (nSPS) is 25.2. The van der Waals surface area contributed by atoms with Crippen LogP contribution in [0, 0.1) is 9.49 Å². The van der Waals surface area contributed by atoms with Crippen molar-refractivity contribution in [3.8, 4) is 0 Å². The molecule has 0 radical (unpaired) electrons. The molecule has 3 atom stereocenters. The second kappa shape index (κ2) is 10.6. The minimum absolute atomic E-state index is 0.00570. The summed E-state index contributed by atoms with van der Waals surface area (Å²) < 4.78 is 18.5. The molecule has 1 fully saturated rings. The Morgan fingerprint density at radius 2 is 2.00 bits per heavy atom. The van der Waals surface area contributed by atoms with E-state index < -0.39 is 6.29 Å². The maximum absolute atomic E-state index is 13.0. The molecule has 28 heavy (non-hydrogen) atoms. The lowest BCUT2D eigenvalue weighted by atomic mass is 9.80. The molecule has 1 aromatic carbocycles. The quantitative estimate of drug-likeness (QED) is 0.583. The number of carbonyl (C=O) groups is 1. The Hall–Kier alpha value is -1.16. The van der Waals surface area contributed by atoms with Crippen LogP contribution in [-0.2, 0) is 19.0 Å². The van der Waals surface area contributed by atoms with E-state index in [0.29, 0.717) is 45.1 Å². The SMILES string of the molecule is CCO[C@H]1OC(C(=O)N2CCOCC2)=C[C@@H](c2ccc(I)cc2)[C@H]1CCCO. The number of aliphatic hydroxyl groups excluding tert-OH is 1. The highest BCUT2D eigenvalue weighted by Gasteiger charge is 2.38. The summed E-state index contributed by atoms with van der Waals surface area (Å²) in [6.07, 6.45) is 2.86. The number of amides is 1. The average Bonchev–Trinajstić information content (AvgIpc) is 2.73. The lowest BCUT2D eigenvalue weighted by Gasteiger charge is -2.38. The monoisotopic (exact) mass is 501 g/mol. The molecule has 6 nitrogen and oxygen atoms in total. The van der Waals surface area contributed by atoms with Crippen molar-refractivity contribution in [1.29, 1.82) is 0 Å². The van der Waals surface area contributed by atoms with E-state index in [9.17, 15) is 9.90 Å². The first-order valence-electron chi connectivity index (χ1n) is 9.87. The van der Waals surface area contributed by atoms with Gasteiger partial charge in [0.15, 0.2) is 5.76 Å². The van der Waals surface area contributed by atoms with Crippen LogP contribution in [0.1, 0.15) is 31.2 Å². The van der Waals surface area contributed by atoms with Crippen molar-refractivity contribution in [1.82, 2.24) is 4.90 Å². The first-order valence-corrected chi connectivity index (χ1v) is 10.9. The molecular formula is C21H28INO5. The van der Waals surface area contributed by atoms with E-state index in [1.54, 1.807) is 4.90 Å². The summed E-state index contributed by atoms with van der Waals surface area (Å²) in [5.41, 5.74) is 1.13. The number of aliphatic hydroxyl groups is 1. The topological polar surface area (TPSA) is 68.2 Å². The van der Waals surface area contributed by atoms with Gasteiger partial charge in [-0.3, -0.25) is 4.79 Å². The predicted molar refractivity (Wildman–Crippen MR) is 114 cm³/mol. The highest BCUT2D eigenvalue weighted by atomic mass is 127. The molecule has 2 aliphatic rings. The van der Waals surface area contributed by atoms with E-state index in [0.717, 1.165) is 15.6 Å². The summed E-state index contributed by atoms with van der Waals surface area (Å²) in [4.78, 5) is 14.8. The number of nitrogens with zero attached hydrogens (tertiary/aromatic N) is 1. The zero-order chi connectivity index (χ0) is 19.9. The van der Waals surface area contributed by atoms with E-state index in [2.05, 4.69) is 46.9 Å². The smallest absolute Gasteiger partial charge is 0.288 e. The van der Waals surface area contributed by atoms with Crippen LogP contribution < -0.4 is 0 Å². The van der Waals surface area contributed by atoms with Crippen molar-refractivity contribution in [2.45, 2.75) is 32.0 Å². The molecule has 0 unspecified atom stereocenters. The van der Waals surface area contributed by atoms with Gasteiger partial charge in [-0.15, -0.1) is 0 Å². The molecule has 0 aromatic heterocycles. The summed E-state index contributed by atoms with van der Waals surface area (Å²) >= 11 is 2.29. The van der Waals surface area contributed by atoms with Crippen LogP contribution in [0.3, 0.4) is 0 Å². The van der Waals surface area contributed by atoms with E-state index in [1.165, 1.54) is 0 Å². The second-order valence-corrected chi connectivity index (χ2v) is 8.23. The Labute approximate surface area is 180 Å². The number of allylic oxidation sites excluding steroid dienone is 1. The fourth-order valence-corrected chi connectivity index (χ4v) is 4.10. The van der Waals surface area contributed by atoms with Crippen LogP contribution in [0.25, 0.3) is 0 Å². The molecule has 0 saturated carbocycles. The van der Waals surface area contributed by atoms with Crippen LogP contribution in [0.4, 0.5) is 0 Å². The number of benzene rings is 1. The van der Waals surface area contributed by atoms with Gasteiger partial charge in [-0.05, 0) is 66.1 Å². The van der Waals surface area contributed by atoms with E-state index in [-0.39, 0.29) is 24.3 Å². The first-order chi connectivity index (χ1) is 13.6. The first kappa shape index (κ1) is 21.5. The van der Waals surface area contributed by atoms with Crippen molar-refractivity contribution in [3.63, 3.8) is 0 Å². The summed E-state index contributed by atoms with van der Waals surface area (Å²) in [5, 5.41) is 9.35. The van der Waals surface area contributed by atoms with Crippen molar-refractivity contribution < 1.29 is 24.1 Å². The third-order valence-corrected chi connectivity index (χ3v) is 5.89. The van der Waals surface area contributed by atoms with Gasteiger partial charge in [0.2, 0.25) is 6.29 Å². The summed E-state index contributed by atoms with van der Waals surface area (Å²) in [6, 6.07) is 8.34. The molecular weight excluding hydrogens is 473 g/mol. The van der Waals surface area contributed by atoms with Crippen LogP contribution in [0.15, 0.2) is 36.1 Å². The number of rotatable bonds is 7. The molecule has 1 N–H and O–H groups in total. The zero-order valence-corrected chi connectivity index (χ0v) is 18.3.